The second-order valence-corrected chi connectivity index (χ2v) is 17.5. The summed E-state index contributed by atoms with van der Waals surface area (Å²) in [5.41, 5.74) is 0. The molecule has 0 aliphatic rings. The topological polar surface area (TPSA) is 149 Å². The molecule has 0 aromatic heterocycles. The Bertz CT molecular complexity index is 1330. The van der Waals surface area contributed by atoms with Crippen LogP contribution in [0.3, 0.4) is 0 Å². The Labute approximate surface area is 364 Å². The van der Waals surface area contributed by atoms with Gasteiger partial charge in [-0.3, -0.25) is 18.6 Å². The van der Waals surface area contributed by atoms with E-state index in [9.17, 15) is 29.3 Å². The lowest BCUT2D eigenvalue weighted by molar-refractivity contribution is -0.870. The van der Waals surface area contributed by atoms with Crippen molar-refractivity contribution in [2.75, 3.05) is 47.5 Å². The number of ether oxygens (including phenoxy) is 2. The van der Waals surface area contributed by atoms with Gasteiger partial charge in [-0.15, -0.1) is 0 Å². The maximum Gasteiger partial charge on any atom is 0.472 e. The van der Waals surface area contributed by atoms with Gasteiger partial charge >= 0.3 is 19.8 Å². The van der Waals surface area contributed by atoms with Gasteiger partial charge in [0.1, 0.15) is 19.8 Å². The fourth-order valence-corrected chi connectivity index (χ4v) is 6.25. The minimum absolute atomic E-state index is 0.0119. The molecule has 1 unspecified atom stereocenters. The van der Waals surface area contributed by atoms with Crippen LogP contribution in [0.5, 0.6) is 0 Å². The largest absolute Gasteiger partial charge is 0.472 e. The molecule has 3 N–H and O–H groups in total. The second-order valence-electron chi connectivity index (χ2n) is 16.1. The first-order chi connectivity index (χ1) is 28.8. The Morgan fingerprint density at radius 3 is 1.88 bits per heavy atom. The minimum Gasteiger partial charge on any atom is -0.462 e. The number of aliphatic hydroxyl groups is 2. The molecule has 0 aliphatic heterocycles. The van der Waals surface area contributed by atoms with Gasteiger partial charge in [0.25, 0.3) is 0 Å². The van der Waals surface area contributed by atoms with Gasteiger partial charge in [0.05, 0.1) is 40.0 Å². The summed E-state index contributed by atoms with van der Waals surface area (Å²) in [5.74, 6) is -1.000. The van der Waals surface area contributed by atoms with Crippen molar-refractivity contribution in [3.8, 4) is 0 Å². The summed E-state index contributed by atoms with van der Waals surface area (Å²) < 4.78 is 34.1. The molecule has 0 rings (SSSR count). The predicted octanol–water partition coefficient (Wildman–Crippen LogP) is 10.7. The van der Waals surface area contributed by atoms with E-state index in [0.29, 0.717) is 43.1 Å². The average molecular weight is 865 g/mol. The first-order valence-electron chi connectivity index (χ1n) is 22.5. The molecule has 0 radical (unpaired) electrons. The predicted molar refractivity (Wildman–Crippen MR) is 245 cm³/mol. The molecule has 11 nitrogen and oxygen atoms in total. The van der Waals surface area contributed by atoms with E-state index in [1.54, 1.807) is 30.4 Å². The van der Waals surface area contributed by atoms with Crippen LogP contribution < -0.4 is 0 Å². The summed E-state index contributed by atoms with van der Waals surface area (Å²) >= 11 is 0. The second kappa shape index (κ2) is 39.0. The summed E-state index contributed by atoms with van der Waals surface area (Å²) in [7, 11) is 1.33. The smallest absolute Gasteiger partial charge is 0.462 e. The lowest BCUT2D eigenvalue weighted by Gasteiger charge is -2.24. The van der Waals surface area contributed by atoms with Crippen molar-refractivity contribution in [3.63, 3.8) is 0 Å². The van der Waals surface area contributed by atoms with Crippen molar-refractivity contribution < 1.29 is 52.3 Å². The molecule has 60 heavy (non-hydrogen) atoms. The van der Waals surface area contributed by atoms with E-state index in [2.05, 4.69) is 26.0 Å². The van der Waals surface area contributed by atoms with Crippen molar-refractivity contribution in [2.45, 2.75) is 161 Å². The average Bonchev–Trinajstić information content (AvgIpc) is 3.19. The summed E-state index contributed by atoms with van der Waals surface area (Å²) in [6.45, 7) is 3.97. The summed E-state index contributed by atoms with van der Waals surface area (Å²) in [4.78, 5) is 35.4. The maximum absolute atomic E-state index is 12.7. The molecule has 0 bridgehead atoms. The normalized spacial score (nSPS) is 15.4. The molecular weight excluding hydrogens is 781 g/mol. The van der Waals surface area contributed by atoms with Crippen molar-refractivity contribution in [2.24, 2.45) is 0 Å². The van der Waals surface area contributed by atoms with E-state index >= 15 is 0 Å². The van der Waals surface area contributed by atoms with Crippen LogP contribution in [0.15, 0.2) is 85.1 Å². The zero-order valence-corrected chi connectivity index (χ0v) is 38.8. The highest BCUT2D eigenvalue weighted by Gasteiger charge is 2.27. The molecule has 4 atom stereocenters. The number of carbonyl (C=O) groups excluding carboxylic acids is 2. The minimum atomic E-state index is -4.44. The molecule has 0 amide bonds. The number of allylic oxidation sites excluding steroid dienone is 10. The van der Waals surface area contributed by atoms with E-state index in [-0.39, 0.29) is 26.1 Å². The van der Waals surface area contributed by atoms with Crippen molar-refractivity contribution in [3.05, 3.63) is 85.1 Å². The van der Waals surface area contributed by atoms with Crippen LogP contribution in [0.1, 0.15) is 142 Å². The Morgan fingerprint density at radius 2 is 1.23 bits per heavy atom. The van der Waals surface area contributed by atoms with Gasteiger partial charge in [-0.2, -0.15) is 0 Å². The third-order valence-corrected chi connectivity index (χ3v) is 10.1. The standard InChI is InChI=1S/C48H82NO10P/c1-6-8-10-11-12-13-14-15-16-17-18-19-23-26-32-38-47(52)56-42-46(43-58-60(54,55)57-41-40-49(3,4)5)59-48(53)39-33-27-31-37-45(51)36-30-25-22-20-21-24-29-35-44(50)34-28-9-7-2/h9,15-16,21-22,24-25,28-31,35-37,44-46,50-51H,6-8,10-14,17-20,23,26-27,32-34,38-43H2,1-5H3/p+1/b16-15-,24-21-,25-22-,28-9-,35-29+,36-30+,37-31-/t44-,45-,46+/m0/s1. The van der Waals surface area contributed by atoms with Gasteiger partial charge in [-0.25, -0.2) is 4.57 Å². The van der Waals surface area contributed by atoms with Crippen LogP contribution in [-0.2, 0) is 32.7 Å². The summed E-state index contributed by atoms with van der Waals surface area (Å²) in [6.07, 6.45) is 42.8. The molecule has 0 aromatic carbocycles. The van der Waals surface area contributed by atoms with Crippen LogP contribution in [0.25, 0.3) is 0 Å². The lowest BCUT2D eigenvalue weighted by Crippen LogP contribution is -2.37. The number of hydrogen-bond acceptors (Lipinski definition) is 9. The van der Waals surface area contributed by atoms with E-state index in [1.165, 1.54) is 38.5 Å². The molecule has 0 aromatic rings. The molecular formula is C48H83NO10P+. The number of esters is 2. The van der Waals surface area contributed by atoms with Gasteiger partial charge in [-0.1, -0.05) is 150 Å². The van der Waals surface area contributed by atoms with Gasteiger partial charge in [0, 0.05) is 12.8 Å². The number of phosphoric ester groups is 1. The number of aliphatic hydroxyl groups excluding tert-OH is 2. The molecule has 0 aliphatic carbocycles. The van der Waals surface area contributed by atoms with Crippen molar-refractivity contribution >= 4 is 19.8 Å². The van der Waals surface area contributed by atoms with E-state index in [0.717, 1.165) is 44.9 Å². The molecule has 0 spiro atoms. The molecule has 0 heterocycles. The SMILES string of the molecule is CC/C=C\C[C@H](O)/C=C/C=C\C/C=C\C=C\[C@H](O)/C=C\CCCC(=O)O[C@H](COC(=O)CCCCCCC/C=C\CCCCCCCC)COP(=O)(O)OCC[N+](C)(C)C. The summed E-state index contributed by atoms with van der Waals surface area (Å²) in [5, 5.41) is 20.1. The molecule has 0 saturated heterocycles. The van der Waals surface area contributed by atoms with Gasteiger partial charge in [0.15, 0.2) is 6.10 Å². The van der Waals surface area contributed by atoms with Crippen LogP contribution in [0.4, 0.5) is 0 Å². The van der Waals surface area contributed by atoms with Crippen LogP contribution in [0, 0.1) is 0 Å². The number of hydrogen-bond donors (Lipinski definition) is 3. The maximum atomic E-state index is 12.7. The van der Waals surface area contributed by atoms with Crippen molar-refractivity contribution in [1.29, 1.82) is 0 Å². The fourth-order valence-electron chi connectivity index (χ4n) is 5.51. The highest BCUT2D eigenvalue weighted by molar-refractivity contribution is 7.47. The zero-order valence-electron chi connectivity index (χ0n) is 37.9. The quantitative estimate of drug-likeness (QED) is 0.0136. The Kier molecular flexibility index (Phi) is 37.1. The van der Waals surface area contributed by atoms with Gasteiger partial charge in [0.2, 0.25) is 0 Å². The van der Waals surface area contributed by atoms with E-state index in [4.69, 9.17) is 18.5 Å². The first kappa shape index (κ1) is 57.1. The van der Waals surface area contributed by atoms with Crippen molar-refractivity contribution in [1.82, 2.24) is 0 Å². The number of nitrogens with zero attached hydrogens (tertiary/aromatic N) is 1. The van der Waals surface area contributed by atoms with E-state index < -0.39 is 44.7 Å². The molecule has 344 valence electrons. The number of likely N-dealkylation sites (N-methyl/N-ethyl adjacent to an activating group) is 1. The zero-order chi connectivity index (χ0) is 44.6. The van der Waals surface area contributed by atoms with Gasteiger partial charge in [-0.05, 0) is 64.2 Å². The lowest BCUT2D eigenvalue weighted by atomic mass is 10.1. The molecule has 0 saturated carbocycles. The number of phosphoric acid groups is 1. The highest BCUT2D eigenvalue weighted by atomic mass is 31.2. The third-order valence-electron chi connectivity index (χ3n) is 9.08. The van der Waals surface area contributed by atoms with E-state index in [1.807, 2.05) is 63.7 Å². The fraction of sp³-hybridized carbons (Fsp3) is 0.667. The third kappa shape index (κ3) is 41.8. The van der Waals surface area contributed by atoms with Gasteiger partial charge < -0.3 is 29.1 Å². The monoisotopic (exact) mass is 865 g/mol. The number of rotatable bonds is 39. The van der Waals surface area contributed by atoms with Crippen LogP contribution in [0.2, 0.25) is 0 Å². The summed E-state index contributed by atoms with van der Waals surface area (Å²) in [6, 6.07) is 0. The Hall–Kier alpha value is -2.89. The first-order valence-corrected chi connectivity index (χ1v) is 24.0. The molecule has 12 heteroatoms. The van der Waals surface area contributed by atoms with Crippen LogP contribution >= 0.6 is 7.82 Å². The highest BCUT2D eigenvalue weighted by Crippen LogP contribution is 2.43. The molecule has 0 fully saturated rings. The number of carbonyl (C=O) groups is 2. The Balaban J connectivity index is 4.64. The van der Waals surface area contributed by atoms with Crippen LogP contribution in [-0.4, -0.2) is 97.3 Å². The number of unbranched alkanes of at least 4 members (excludes halogenated alkanes) is 12. The number of quaternary nitrogens is 1. The Morgan fingerprint density at radius 1 is 0.633 bits per heavy atom.